The summed E-state index contributed by atoms with van der Waals surface area (Å²) in [6.45, 7) is 1.42. The van der Waals surface area contributed by atoms with Crippen molar-refractivity contribution in [3.8, 4) is 0 Å². The molecule has 0 amide bonds. The van der Waals surface area contributed by atoms with Crippen LogP contribution in [0.25, 0.3) is 0 Å². The first-order chi connectivity index (χ1) is 8.74. The molecule has 1 N–H and O–H groups in total. The van der Waals surface area contributed by atoms with Crippen LogP contribution in [0.3, 0.4) is 0 Å². The van der Waals surface area contributed by atoms with E-state index in [9.17, 15) is 5.11 Å². The van der Waals surface area contributed by atoms with Crippen LogP contribution < -0.4 is 4.90 Å². The summed E-state index contributed by atoms with van der Waals surface area (Å²) in [5.74, 6) is 0.698. The van der Waals surface area contributed by atoms with E-state index in [1.807, 2.05) is 24.3 Å². The molecule has 0 radical (unpaired) electrons. The van der Waals surface area contributed by atoms with Crippen molar-refractivity contribution in [3.63, 3.8) is 0 Å². The summed E-state index contributed by atoms with van der Waals surface area (Å²) >= 11 is 0. The van der Waals surface area contributed by atoms with Crippen molar-refractivity contribution in [2.75, 3.05) is 11.4 Å². The Morgan fingerprint density at radius 2 is 2.22 bits per heavy atom. The monoisotopic (exact) mass is 245 g/mol. The number of hydrogen-bond donors (Lipinski definition) is 1. The average molecular weight is 245 g/mol. The fourth-order valence-electron chi connectivity index (χ4n) is 2.33. The summed E-state index contributed by atoms with van der Waals surface area (Å²) < 4.78 is 0. The Morgan fingerprint density at radius 3 is 3.00 bits per heavy atom. The molecule has 0 spiro atoms. The summed E-state index contributed by atoms with van der Waals surface area (Å²) in [4.78, 5) is 3.64. The molecule has 1 unspecified atom stereocenters. The highest BCUT2D eigenvalue weighted by Gasteiger charge is 2.23. The van der Waals surface area contributed by atoms with Crippen molar-refractivity contribution in [3.05, 3.63) is 35.7 Å². The quantitative estimate of drug-likeness (QED) is 0.841. The summed E-state index contributed by atoms with van der Waals surface area (Å²) in [5, 5.41) is 22.0. The molecule has 0 saturated heterocycles. The zero-order chi connectivity index (χ0) is 12.5. The zero-order valence-corrected chi connectivity index (χ0v) is 10.2. The molecular formula is C12H15N5O. The molecule has 0 saturated carbocycles. The van der Waals surface area contributed by atoms with Crippen LogP contribution in [0.1, 0.15) is 23.9 Å². The van der Waals surface area contributed by atoms with Crippen LogP contribution >= 0.6 is 0 Å². The second kappa shape index (κ2) is 4.38. The van der Waals surface area contributed by atoms with Gasteiger partial charge in [0.2, 0.25) is 0 Å². The molecule has 1 atom stereocenters. The van der Waals surface area contributed by atoms with E-state index >= 15 is 0 Å². The highest BCUT2D eigenvalue weighted by Crippen LogP contribution is 2.33. The van der Waals surface area contributed by atoms with Crippen molar-refractivity contribution in [1.82, 2.24) is 20.2 Å². The second-order valence-electron chi connectivity index (χ2n) is 4.48. The minimum Gasteiger partial charge on any atom is -0.388 e. The SMILES string of the molecule is Cn1nnc(CN2CCC(O)c3ccccc32)n1. The predicted octanol–water partition coefficient (Wildman–Crippen LogP) is 0.654. The third-order valence-corrected chi connectivity index (χ3v) is 3.19. The molecule has 3 rings (SSSR count). The molecule has 1 aromatic heterocycles. The van der Waals surface area contributed by atoms with E-state index in [-0.39, 0.29) is 6.10 Å². The predicted molar refractivity (Wildman–Crippen MR) is 65.9 cm³/mol. The minimum absolute atomic E-state index is 0.368. The van der Waals surface area contributed by atoms with Crippen molar-refractivity contribution >= 4 is 5.69 Å². The molecule has 1 aromatic carbocycles. The van der Waals surface area contributed by atoms with Crippen LogP contribution in [0.4, 0.5) is 5.69 Å². The van der Waals surface area contributed by atoms with Crippen molar-refractivity contribution in [2.45, 2.75) is 19.1 Å². The van der Waals surface area contributed by atoms with Gasteiger partial charge in [-0.15, -0.1) is 10.2 Å². The number of fused-ring (bicyclic) bond motifs is 1. The summed E-state index contributed by atoms with van der Waals surface area (Å²) in [6, 6.07) is 7.92. The number of nitrogens with zero attached hydrogens (tertiary/aromatic N) is 5. The van der Waals surface area contributed by atoms with E-state index in [1.165, 1.54) is 4.80 Å². The van der Waals surface area contributed by atoms with Gasteiger partial charge >= 0.3 is 0 Å². The molecule has 94 valence electrons. The number of aromatic nitrogens is 4. The van der Waals surface area contributed by atoms with Gasteiger partial charge in [0.25, 0.3) is 0 Å². The molecule has 0 aliphatic carbocycles. The Hall–Kier alpha value is -1.95. The van der Waals surface area contributed by atoms with Gasteiger partial charge in [-0.1, -0.05) is 18.2 Å². The lowest BCUT2D eigenvalue weighted by atomic mass is 9.99. The number of rotatable bonds is 2. The molecule has 1 aliphatic heterocycles. The van der Waals surface area contributed by atoms with E-state index in [0.717, 1.165) is 24.2 Å². The van der Waals surface area contributed by atoms with Gasteiger partial charge in [-0.3, -0.25) is 0 Å². The van der Waals surface area contributed by atoms with Gasteiger partial charge in [-0.2, -0.15) is 4.80 Å². The van der Waals surface area contributed by atoms with Gasteiger partial charge in [-0.25, -0.2) is 0 Å². The highest BCUT2D eigenvalue weighted by molar-refractivity contribution is 5.56. The van der Waals surface area contributed by atoms with Crippen LogP contribution in [-0.4, -0.2) is 31.9 Å². The summed E-state index contributed by atoms with van der Waals surface area (Å²) in [7, 11) is 1.75. The Labute approximate surface area is 105 Å². The third-order valence-electron chi connectivity index (χ3n) is 3.19. The van der Waals surface area contributed by atoms with Crippen molar-refractivity contribution in [1.29, 1.82) is 0 Å². The molecule has 18 heavy (non-hydrogen) atoms. The second-order valence-corrected chi connectivity index (χ2v) is 4.48. The number of aliphatic hydroxyl groups is 1. The Morgan fingerprint density at radius 1 is 1.39 bits per heavy atom. The third kappa shape index (κ3) is 1.95. The van der Waals surface area contributed by atoms with Gasteiger partial charge in [-0.05, 0) is 17.7 Å². The van der Waals surface area contributed by atoms with Gasteiger partial charge < -0.3 is 10.0 Å². The highest BCUT2D eigenvalue weighted by atomic mass is 16.3. The van der Waals surface area contributed by atoms with Crippen LogP contribution in [0, 0.1) is 0 Å². The van der Waals surface area contributed by atoms with E-state index < -0.39 is 0 Å². The van der Waals surface area contributed by atoms with Crippen LogP contribution in [0.5, 0.6) is 0 Å². The van der Waals surface area contributed by atoms with Gasteiger partial charge in [0.1, 0.15) is 0 Å². The Balaban J connectivity index is 1.88. The first-order valence-electron chi connectivity index (χ1n) is 5.99. The summed E-state index contributed by atoms with van der Waals surface area (Å²) in [5.41, 5.74) is 2.04. The Kier molecular flexibility index (Phi) is 2.71. The number of aliphatic hydroxyl groups excluding tert-OH is 1. The van der Waals surface area contributed by atoms with E-state index in [1.54, 1.807) is 7.05 Å². The maximum atomic E-state index is 9.97. The number of hydrogen-bond acceptors (Lipinski definition) is 5. The van der Waals surface area contributed by atoms with Crippen LogP contribution in [0.15, 0.2) is 24.3 Å². The smallest absolute Gasteiger partial charge is 0.193 e. The van der Waals surface area contributed by atoms with Crippen LogP contribution in [-0.2, 0) is 13.6 Å². The number of para-hydroxylation sites is 1. The number of tetrazole rings is 1. The lowest BCUT2D eigenvalue weighted by Crippen LogP contribution is -2.31. The van der Waals surface area contributed by atoms with Gasteiger partial charge in [0, 0.05) is 17.8 Å². The average Bonchev–Trinajstić information content (AvgIpc) is 2.79. The topological polar surface area (TPSA) is 67.1 Å². The normalized spacial score (nSPS) is 18.8. The maximum absolute atomic E-state index is 9.97. The molecule has 2 aromatic rings. The minimum atomic E-state index is -0.368. The fraction of sp³-hybridized carbons (Fsp3) is 0.417. The van der Waals surface area contributed by atoms with Crippen molar-refractivity contribution < 1.29 is 5.11 Å². The van der Waals surface area contributed by atoms with E-state index in [0.29, 0.717) is 12.4 Å². The fourth-order valence-corrected chi connectivity index (χ4v) is 2.33. The molecule has 0 fully saturated rings. The first kappa shape index (κ1) is 11.2. The molecule has 1 aliphatic rings. The Bertz CT molecular complexity index is 553. The molecular weight excluding hydrogens is 230 g/mol. The lowest BCUT2D eigenvalue weighted by Gasteiger charge is -2.32. The number of aryl methyl sites for hydroxylation is 1. The van der Waals surface area contributed by atoms with Gasteiger partial charge in [0.15, 0.2) is 5.82 Å². The largest absolute Gasteiger partial charge is 0.388 e. The number of benzene rings is 1. The van der Waals surface area contributed by atoms with Crippen molar-refractivity contribution in [2.24, 2.45) is 7.05 Å². The molecule has 6 heteroatoms. The summed E-state index contributed by atoms with van der Waals surface area (Å²) in [6.07, 6.45) is 0.365. The van der Waals surface area contributed by atoms with E-state index in [2.05, 4.69) is 20.3 Å². The van der Waals surface area contributed by atoms with Gasteiger partial charge in [0.05, 0.1) is 19.7 Å². The maximum Gasteiger partial charge on any atom is 0.193 e. The number of anilines is 1. The van der Waals surface area contributed by atoms with Crippen LogP contribution in [0.2, 0.25) is 0 Å². The zero-order valence-electron chi connectivity index (χ0n) is 10.2. The molecule has 2 heterocycles. The first-order valence-corrected chi connectivity index (χ1v) is 5.99. The lowest BCUT2D eigenvalue weighted by molar-refractivity contribution is 0.164. The standard InChI is InChI=1S/C12H15N5O/c1-16-14-12(13-15-16)8-17-7-6-11(18)9-4-2-3-5-10(9)17/h2-5,11,18H,6-8H2,1H3. The molecule has 0 bridgehead atoms. The molecule has 6 nitrogen and oxygen atoms in total. The van der Waals surface area contributed by atoms with E-state index in [4.69, 9.17) is 0 Å².